The molecule has 164 valence electrons. The maximum Gasteiger partial charge on any atom is 0.257 e. The minimum absolute atomic E-state index is 0.0813. The molecule has 0 saturated carbocycles. The van der Waals surface area contributed by atoms with Crippen LogP contribution in [0.4, 0.5) is 0 Å². The predicted molar refractivity (Wildman–Crippen MR) is 108 cm³/mol. The fourth-order valence-electron chi connectivity index (χ4n) is 4.82. The highest BCUT2D eigenvalue weighted by atomic mass is 16.5. The number of ether oxygens (including phenoxy) is 2. The Morgan fingerprint density at radius 1 is 1.30 bits per heavy atom. The Hall–Kier alpha value is -2.26. The molecule has 9 nitrogen and oxygen atoms in total. The molecule has 1 unspecified atom stereocenters. The number of hydrogen-bond donors (Lipinski definition) is 0. The monoisotopic (exact) mass is 417 g/mol. The molecular formula is C21H31N5O4. The molecule has 0 aliphatic carbocycles. The molecular weight excluding hydrogens is 386 g/mol. The van der Waals surface area contributed by atoms with Crippen LogP contribution in [-0.2, 0) is 29.5 Å². The van der Waals surface area contributed by atoms with Crippen LogP contribution in [0.2, 0.25) is 0 Å². The zero-order valence-corrected chi connectivity index (χ0v) is 18.3. The summed E-state index contributed by atoms with van der Waals surface area (Å²) < 4.78 is 18.3. The normalized spacial score (nSPS) is 21.3. The SMILES string of the molecule is COCc1nc(CC2CCOC3(CCN(C(=O)c4c(C)nn(C)c4C)CC3)C2)no1. The minimum Gasteiger partial charge on any atom is -0.375 e. The van der Waals surface area contributed by atoms with Gasteiger partial charge in [0, 0.05) is 46.0 Å². The van der Waals surface area contributed by atoms with E-state index in [2.05, 4.69) is 15.2 Å². The zero-order valence-electron chi connectivity index (χ0n) is 18.3. The lowest BCUT2D eigenvalue weighted by molar-refractivity contribution is -0.123. The van der Waals surface area contributed by atoms with Gasteiger partial charge in [0.2, 0.25) is 0 Å². The van der Waals surface area contributed by atoms with Crippen LogP contribution < -0.4 is 0 Å². The third kappa shape index (κ3) is 4.13. The number of amides is 1. The van der Waals surface area contributed by atoms with Crippen LogP contribution in [0.5, 0.6) is 0 Å². The summed E-state index contributed by atoms with van der Waals surface area (Å²) in [6, 6.07) is 0. The average molecular weight is 418 g/mol. The van der Waals surface area contributed by atoms with Crippen LogP contribution in [0.3, 0.4) is 0 Å². The van der Waals surface area contributed by atoms with Gasteiger partial charge < -0.3 is 18.9 Å². The Morgan fingerprint density at radius 3 is 2.73 bits per heavy atom. The van der Waals surface area contributed by atoms with Crippen LogP contribution in [0.15, 0.2) is 4.52 Å². The largest absolute Gasteiger partial charge is 0.375 e. The molecule has 2 aromatic rings. The number of likely N-dealkylation sites (tertiary alicyclic amines) is 1. The van der Waals surface area contributed by atoms with Crippen molar-refractivity contribution in [2.24, 2.45) is 13.0 Å². The van der Waals surface area contributed by atoms with E-state index in [0.29, 0.717) is 31.5 Å². The molecule has 0 bridgehead atoms. The lowest BCUT2D eigenvalue weighted by Gasteiger charge is -2.46. The van der Waals surface area contributed by atoms with Gasteiger partial charge in [0.1, 0.15) is 6.61 Å². The topological polar surface area (TPSA) is 95.5 Å². The van der Waals surface area contributed by atoms with Crippen LogP contribution in [0, 0.1) is 19.8 Å². The van der Waals surface area contributed by atoms with Crippen molar-refractivity contribution < 1.29 is 18.8 Å². The number of aryl methyl sites for hydroxylation is 2. The highest BCUT2D eigenvalue weighted by Gasteiger charge is 2.42. The van der Waals surface area contributed by atoms with Gasteiger partial charge in [0.15, 0.2) is 5.82 Å². The van der Waals surface area contributed by atoms with Crippen LogP contribution in [0.25, 0.3) is 0 Å². The lowest BCUT2D eigenvalue weighted by Crippen LogP contribution is -2.51. The van der Waals surface area contributed by atoms with Crippen molar-refractivity contribution in [3.05, 3.63) is 28.7 Å². The molecule has 4 heterocycles. The van der Waals surface area contributed by atoms with E-state index in [9.17, 15) is 4.79 Å². The Morgan fingerprint density at radius 2 is 2.07 bits per heavy atom. The van der Waals surface area contributed by atoms with Gasteiger partial charge in [-0.3, -0.25) is 9.48 Å². The number of aromatic nitrogens is 4. The molecule has 2 aliphatic heterocycles. The third-order valence-electron chi connectivity index (χ3n) is 6.53. The fraction of sp³-hybridized carbons (Fsp3) is 0.714. The summed E-state index contributed by atoms with van der Waals surface area (Å²) in [6.07, 6.45) is 4.46. The van der Waals surface area contributed by atoms with E-state index in [4.69, 9.17) is 14.0 Å². The molecule has 1 atom stereocenters. The van der Waals surface area contributed by atoms with Gasteiger partial charge in [0.25, 0.3) is 11.8 Å². The zero-order chi connectivity index (χ0) is 21.3. The van der Waals surface area contributed by atoms with E-state index >= 15 is 0 Å². The van der Waals surface area contributed by atoms with Gasteiger partial charge in [-0.2, -0.15) is 10.1 Å². The number of methoxy groups -OCH3 is 1. The number of rotatable bonds is 5. The molecule has 9 heteroatoms. The maximum absolute atomic E-state index is 13.1. The Bertz CT molecular complexity index is 897. The van der Waals surface area contributed by atoms with Crippen molar-refractivity contribution in [1.29, 1.82) is 0 Å². The summed E-state index contributed by atoms with van der Waals surface area (Å²) in [6.45, 7) is 6.34. The van der Waals surface area contributed by atoms with E-state index in [1.807, 2.05) is 25.8 Å². The second-order valence-corrected chi connectivity index (χ2v) is 8.59. The van der Waals surface area contributed by atoms with E-state index < -0.39 is 0 Å². The fourth-order valence-corrected chi connectivity index (χ4v) is 4.82. The molecule has 1 spiro atoms. The smallest absolute Gasteiger partial charge is 0.257 e. The van der Waals surface area contributed by atoms with E-state index in [0.717, 1.165) is 61.5 Å². The van der Waals surface area contributed by atoms with Crippen molar-refractivity contribution in [2.75, 3.05) is 26.8 Å². The highest BCUT2D eigenvalue weighted by molar-refractivity contribution is 5.96. The first-order valence-corrected chi connectivity index (χ1v) is 10.6. The summed E-state index contributed by atoms with van der Waals surface area (Å²) in [5.74, 6) is 1.79. The Balaban J connectivity index is 1.36. The Kier molecular flexibility index (Phi) is 5.92. The third-order valence-corrected chi connectivity index (χ3v) is 6.53. The standard InChI is InChI=1S/C21H31N5O4/c1-14-19(15(2)25(3)23-14)20(27)26-8-6-21(7-9-26)12-16(5-10-29-21)11-17-22-18(13-28-4)30-24-17/h16H,5-13H2,1-4H3. The summed E-state index contributed by atoms with van der Waals surface area (Å²) in [5.41, 5.74) is 2.29. The van der Waals surface area contributed by atoms with E-state index in [1.54, 1.807) is 11.8 Å². The van der Waals surface area contributed by atoms with Gasteiger partial charge in [-0.15, -0.1) is 0 Å². The van der Waals surface area contributed by atoms with Crippen LogP contribution >= 0.6 is 0 Å². The molecule has 0 N–H and O–H groups in total. The number of hydrogen-bond acceptors (Lipinski definition) is 7. The molecule has 2 aromatic heterocycles. The van der Waals surface area contributed by atoms with Gasteiger partial charge >= 0.3 is 0 Å². The molecule has 2 aliphatic rings. The minimum atomic E-state index is -0.155. The van der Waals surface area contributed by atoms with Gasteiger partial charge in [0.05, 0.1) is 16.9 Å². The van der Waals surface area contributed by atoms with Crippen molar-refractivity contribution in [1.82, 2.24) is 24.8 Å². The molecule has 1 amide bonds. The summed E-state index contributed by atoms with van der Waals surface area (Å²) in [7, 11) is 3.49. The predicted octanol–water partition coefficient (Wildman–Crippen LogP) is 2.21. The maximum atomic E-state index is 13.1. The second kappa shape index (κ2) is 8.47. The molecule has 30 heavy (non-hydrogen) atoms. The highest BCUT2D eigenvalue weighted by Crippen LogP contribution is 2.39. The summed E-state index contributed by atoms with van der Waals surface area (Å²) >= 11 is 0. The van der Waals surface area contributed by atoms with Crippen LogP contribution in [0.1, 0.15) is 59.1 Å². The average Bonchev–Trinajstić information content (AvgIpc) is 3.25. The van der Waals surface area contributed by atoms with E-state index in [-0.39, 0.29) is 11.5 Å². The molecule has 2 saturated heterocycles. The van der Waals surface area contributed by atoms with Crippen molar-refractivity contribution in [2.45, 2.75) is 58.2 Å². The number of nitrogens with zero attached hydrogens (tertiary/aromatic N) is 5. The number of carbonyl (C=O) groups excluding carboxylic acids is 1. The molecule has 0 radical (unpaired) electrons. The first-order valence-electron chi connectivity index (χ1n) is 10.6. The van der Waals surface area contributed by atoms with Crippen molar-refractivity contribution >= 4 is 5.91 Å². The second-order valence-electron chi connectivity index (χ2n) is 8.59. The number of carbonyl (C=O) groups is 1. The van der Waals surface area contributed by atoms with Gasteiger partial charge in [-0.25, -0.2) is 0 Å². The van der Waals surface area contributed by atoms with Gasteiger partial charge in [-0.05, 0) is 45.4 Å². The lowest BCUT2D eigenvalue weighted by atomic mass is 9.78. The summed E-state index contributed by atoms with van der Waals surface area (Å²) in [4.78, 5) is 19.4. The molecule has 4 rings (SSSR count). The Labute approximate surface area is 176 Å². The molecule has 0 aromatic carbocycles. The van der Waals surface area contributed by atoms with Gasteiger partial charge in [-0.1, -0.05) is 5.16 Å². The summed E-state index contributed by atoms with van der Waals surface area (Å²) in [5, 5.41) is 8.47. The quantitative estimate of drug-likeness (QED) is 0.736. The van der Waals surface area contributed by atoms with E-state index in [1.165, 1.54) is 0 Å². The number of piperidine rings is 1. The van der Waals surface area contributed by atoms with Crippen molar-refractivity contribution in [3.8, 4) is 0 Å². The first-order chi connectivity index (χ1) is 14.4. The van der Waals surface area contributed by atoms with Crippen molar-refractivity contribution in [3.63, 3.8) is 0 Å². The van der Waals surface area contributed by atoms with Crippen LogP contribution in [-0.4, -0.2) is 63.1 Å². The first kappa shape index (κ1) is 21.0. The molecule has 2 fully saturated rings.